The van der Waals surface area contributed by atoms with Crippen LogP contribution >= 0.6 is 11.6 Å². The average molecular weight is 257 g/mol. The molecule has 0 bridgehead atoms. The SMILES string of the molecule is CCC1(C(NN)c2c(Cl)cnn2C)CCCC1. The summed E-state index contributed by atoms with van der Waals surface area (Å²) in [5, 5.41) is 4.91. The zero-order valence-electron chi connectivity index (χ0n) is 10.5. The fourth-order valence-corrected chi connectivity index (χ4v) is 3.49. The quantitative estimate of drug-likeness (QED) is 0.643. The van der Waals surface area contributed by atoms with E-state index in [1.165, 1.54) is 25.7 Å². The molecule has 1 aliphatic rings. The van der Waals surface area contributed by atoms with Gasteiger partial charge in [-0.05, 0) is 24.7 Å². The van der Waals surface area contributed by atoms with Gasteiger partial charge in [0.15, 0.2) is 0 Å². The topological polar surface area (TPSA) is 55.9 Å². The molecule has 1 unspecified atom stereocenters. The van der Waals surface area contributed by atoms with E-state index in [9.17, 15) is 0 Å². The Kier molecular flexibility index (Phi) is 3.76. The van der Waals surface area contributed by atoms with Crippen LogP contribution in [0.25, 0.3) is 0 Å². The molecule has 2 rings (SSSR count). The summed E-state index contributed by atoms with van der Waals surface area (Å²) in [5.41, 5.74) is 4.21. The van der Waals surface area contributed by atoms with Crippen molar-refractivity contribution in [3.63, 3.8) is 0 Å². The number of aromatic nitrogens is 2. The van der Waals surface area contributed by atoms with E-state index in [-0.39, 0.29) is 11.5 Å². The number of aryl methyl sites for hydroxylation is 1. The van der Waals surface area contributed by atoms with Crippen LogP contribution in [0.4, 0.5) is 0 Å². The Bertz CT molecular complexity index is 362. The second-order valence-electron chi connectivity index (χ2n) is 5.02. The highest BCUT2D eigenvalue weighted by molar-refractivity contribution is 6.31. The highest BCUT2D eigenvalue weighted by atomic mass is 35.5. The van der Waals surface area contributed by atoms with E-state index in [0.717, 1.165) is 12.1 Å². The molecule has 96 valence electrons. The molecule has 0 amide bonds. The fourth-order valence-electron chi connectivity index (χ4n) is 3.22. The van der Waals surface area contributed by atoms with Crippen LogP contribution < -0.4 is 11.3 Å². The summed E-state index contributed by atoms with van der Waals surface area (Å²) >= 11 is 6.24. The molecular weight excluding hydrogens is 236 g/mol. The summed E-state index contributed by atoms with van der Waals surface area (Å²) in [6.45, 7) is 2.24. The zero-order valence-corrected chi connectivity index (χ0v) is 11.3. The van der Waals surface area contributed by atoms with E-state index >= 15 is 0 Å². The predicted molar refractivity (Wildman–Crippen MR) is 69.5 cm³/mol. The molecule has 5 heteroatoms. The Hall–Kier alpha value is -0.580. The Morgan fingerprint density at radius 1 is 1.59 bits per heavy atom. The Morgan fingerprint density at radius 3 is 2.65 bits per heavy atom. The van der Waals surface area contributed by atoms with Gasteiger partial charge in [0.2, 0.25) is 0 Å². The highest BCUT2D eigenvalue weighted by Gasteiger charge is 2.42. The molecule has 1 aliphatic carbocycles. The van der Waals surface area contributed by atoms with E-state index in [0.29, 0.717) is 5.02 Å². The minimum Gasteiger partial charge on any atom is -0.271 e. The van der Waals surface area contributed by atoms with Crippen molar-refractivity contribution < 1.29 is 0 Å². The first-order valence-corrected chi connectivity index (χ1v) is 6.66. The number of nitrogens with zero attached hydrogens (tertiary/aromatic N) is 2. The van der Waals surface area contributed by atoms with Gasteiger partial charge < -0.3 is 0 Å². The lowest BCUT2D eigenvalue weighted by molar-refractivity contribution is 0.180. The van der Waals surface area contributed by atoms with Gasteiger partial charge in [-0.25, -0.2) is 0 Å². The largest absolute Gasteiger partial charge is 0.271 e. The molecule has 1 aromatic rings. The van der Waals surface area contributed by atoms with Crippen LogP contribution in [-0.2, 0) is 7.05 Å². The summed E-state index contributed by atoms with van der Waals surface area (Å²) in [4.78, 5) is 0. The first-order chi connectivity index (χ1) is 8.14. The average Bonchev–Trinajstić information content (AvgIpc) is 2.92. The molecule has 0 aliphatic heterocycles. The van der Waals surface area contributed by atoms with Gasteiger partial charge in [-0.1, -0.05) is 31.4 Å². The molecule has 1 aromatic heterocycles. The van der Waals surface area contributed by atoms with Crippen LogP contribution in [0.5, 0.6) is 0 Å². The Balaban J connectivity index is 2.39. The lowest BCUT2D eigenvalue weighted by Crippen LogP contribution is -2.41. The maximum atomic E-state index is 6.24. The number of rotatable bonds is 4. The smallest absolute Gasteiger partial charge is 0.0834 e. The van der Waals surface area contributed by atoms with Crippen molar-refractivity contribution in [1.29, 1.82) is 0 Å². The van der Waals surface area contributed by atoms with Crippen LogP contribution in [0.1, 0.15) is 50.8 Å². The van der Waals surface area contributed by atoms with Crippen molar-refractivity contribution in [1.82, 2.24) is 15.2 Å². The number of hydrazine groups is 1. The molecule has 1 heterocycles. The van der Waals surface area contributed by atoms with Crippen molar-refractivity contribution >= 4 is 11.6 Å². The number of halogens is 1. The standard InChI is InChI=1S/C12H21ClN4/c1-3-12(6-4-5-7-12)11(16-14)10-9(13)8-15-17(10)2/h8,11,16H,3-7,14H2,1-2H3. The number of hydrogen-bond donors (Lipinski definition) is 2. The van der Waals surface area contributed by atoms with Gasteiger partial charge in [-0.3, -0.25) is 16.0 Å². The predicted octanol–water partition coefficient (Wildman–Crippen LogP) is 2.55. The van der Waals surface area contributed by atoms with Crippen LogP contribution in [0.15, 0.2) is 6.20 Å². The molecule has 1 fully saturated rings. The maximum absolute atomic E-state index is 6.24. The second kappa shape index (κ2) is 4.96. The van der Waals surface area contributed by atoms with Gasteiger partial charge >= 0.3 is 0 Å². The first-order valence-electron chi connectivity index (χ1n) is 6.28. The third-order valence-corrected chi connectivity index (χ3v) is 4.58. The zero-order chi connectivity index (χ0) is 12.5. The molecule has 0 radical (unpaired) electrons. The summed E-state index contributed by atoms with van der Waals surface area (Å²) in [7, 11) is 1.92. The van der Waals surface area contributed by atoms with E-state index in [4.69, 9.17) is 17.4 Å². The summed E-state index contributed by atoms with van der Waals surface area (Å²) in [6.07, 6.45) is 7.78. The monoisotopic (exact) mass is 256 g/mol. The van der Waals surface area contributed by atoms with Crippen LogP contribution in [-0.4, -0.2) is 9.78 Å². The lowest BCUT2D eigenvalue weighted by atomic mass is 9.75. The Labute approximate surface area is 107 Å². The van der Waals surface area contributed by atoms with Crippen molar-refractivity contribution in [2.24, 2.45) is 18.3 Å². The molecule has 0 saturated heterocycles. The molecule has 1 atom stereocenters. The van der Waals surface area contributed by atoms with Gasteiger partial charge in [0, 0.05) is 7.05 Å². The third-order valence-electron chi connectivity index (χ3n) is 4.29. The Morgan fingerprint density at radius 2 is 2.24 bits per heavy atom. The number of nitrogens with two attached hydrogens (primary N) is 1. The van der Waals surface area contributed by atoms with Crippen molar-refractivity contribution in [3.8, 4) is 0 Å². The van der Waals surface area contributed by atoms with Gasteiger partial charge in [0.1, 0.15) is 0 Å². The van der Waals surface area contributed by atoms with Gasteiger partial charge in [-0.2, -0.15) is 5.10 Å². The molecule has 17 heavy (non-hydrogen) atoms. The molecule has 0 spiro atoms. The normalized spacial score (nSPS) is 20.7. The van der Waals surface area contributed by atoms with Crippen molar-refractivity contribution in [2.45, 2.75) is 45.1 Å². The molecule has 4 nitrogen and oxygen atoms in total. The summed E-state index contributed by atoms with van der Waals surface area (Å²) < 4.78 is 1.84. The van der Waals surface area contributed by atoms with Crippen LogP contribution in [0.2, 0.25) is 5.02 Å². The summed E-state index contributed by atoms with van der Waals surface area (Å²) in [6, 6.07) is 0.0926. The number of hydrogen-bond acceptors (Lipinski definition) is 3. The van der Waals surface area contributed by atoms with Crippen LogP contribution in [0.3, 0.4) is 0 Å². The molecule has 1 saturated carbocycles. The van der Waals surface area contributed by atoms with E-state index in [1.54, 1.807) is 6.20 Å². The minimum atomic E-state index is 0.0926. The first kappa shape index (κ1) is 12.9. The molecule has 3 N–H and O–H groups in total. The van der Waals surface area contributed by atoms with E-state index in [1.807, 2.05) is 11.7 Å². The van der Waals surface area contributed by atoms with E-state index in [2.05, 4.69) is 17.4 Å². The van der Waals surface area contributed by atoms with Gasteiger partial charge in [-0.15, -0.1) is 0 Å². The lowest BCUT2D eigenvalue weighted by Gasteiger charge is -2.36. The van der Waals surface area contributed by atoms with E-state index < -0.39 is 0 Å². The van der Waals surface area contributed by atoms with Crippen molar-refractivity contribution in [3.05, 3.63) is 16.9 Å². The van der Waals surface area contributed by atoms with Gasteiger partial charge in [0.05, 0.1) is 23.0 Å². The third kappa shape index (κ3) is 2.09. The summed E-state index contributed by atoms with van der Waals surface area (Å²) in [5.74, 6) is 5.79. The maximum Gasteiger partial charge on any atom is 0.0834 e. The van der Waals surface area contributed by atoms with Gasteiger partial charge in [0.25, 0.3) is 0 Å². The van der Waals surface area contributed by atoms with Crippen LogP contribution in [0, 0.1) is 5.41 Å². The molecular formula is C12H21ClN4. The minimum absolute atomic E-state index is 0.0926. The highest BCUT2D eigenvalue weighted by Crippen LogP contribution is 2.50. The number of nitrogens with one attached hydrogen (secondary N) is 1. The molecule has 0 aromatic carbocycles. The fraction of sp³-hybridized carbons (Fsp3) is 0.750. The van der Waals surface area contributed by atoms with Crippen molar-refractivity contribution in [2.75, 3.05) is 0 Å². The second-order valence-corrected chi connectivity index (χ2v) is 5.43.